The summed E-state index contributed by atoms with van der Waals surface area (Å²) in [4.78, 5) is 13.1. The number of ether oxygens (including phenoxy) is 2. The lowest BCUT2D eigenvalue weighted by atomic mass is 10.00. The molecule has 0 aromatic heterocycles. The molecule has 7 heteroatoms. The van der Waals surface area contributed by atoms with Gasteiger partial charge in [-0.1, -0.05) is 66.2 Å². The average Bonchev–Trinajstić information content (AvgIpc) is 2.87. The van der Waals surface area contributed by atoms with E-state index in [1.807, 2.05) is 42.5 Å². The summed E-state index contributed by atoms with van der Waals surface area (Å²) in [6.07, 6.45) is 2.80. The van der Waals surface area contributed by atoms with E-state index in [4.69, 9.17) is 21.1 Å². The molecular formula is C27H29ClN2O4. The predicted octanol–water partition coefficient (Wildman–Crippen LogP) is 6.29. The normalized spacial score (nSPS) is 15.7. The van der Waals surface area contributed by atoms with Crippen molar-refractivity contribution < 1.29 is 14.4 Å². The minimum absolute atomic E-state index is 0.00845. The van der Waals surface area contributed by atoms with Gasteiger partial charge in [-0.2, -0.15) is 0 Å². The van der Waals surface area contributed by atoms with Crippen molar-refractivity contribution in [3.63, 3.8) is 0 Å². The molecule has 4 rings (SSSR count). The maximum Gasteiger partial charge on any atom is 0.310 e. The summed E-state index contributed by atoms with van der Waals surface area (Å²) in [5.41, 5.74) is 2.25. The molecule has 178 valence electrons. The molecule has 0 spiro atoms. The fourth-order valence-electron chi connectivity index (χ4n) is 4.28. The van der Waals surface area contributed by atoms with E-state index >= 15 is 0 Å². The zero-order valence-electron chi connectivity index (χ0n) is 19.0. The minimum Gasteiger partial charge on any atom is -0.487 e. The van der Waals surface area contributed by atoms with Gasteiger partial charge >= 0.3 is 5.69 Å². The lowest BCUT2D eigenvalue weighted by Crippen LogP contribution is -2.38. The summed E-state index contributed by atoms with van der Waals surface area (Å²) in [6.45, 7) is 3.26. The summed E-state index contributed by atoms with van der Waals surface area (Å²) in [6, 6.07) is 24.7. The summed E-state index contributed by atoms with van der Waals surface area (Å²) >= 11 is 6.09. The molecule has 34 heavy (non-hydrogen) atoms. The average molecular weight is 481 g/mol. The molecule has 1 atom stereocenters. The molecule has 1 fully saturated rings. The summed E-state index contributed by atoms with van der Waals surface area (Å²) in [7, 11) is 0. The number of benzene rings is 3. The maximum atomic E-state index is 11.1. The van der Waals surface area contributed by atoms with Crippen LogP contribution in [0.3, 0.4) is 0 Å². The van der Waals surface area contributed by atoms with Crippen LogP contribution in [0.1, 0.15) is 36.5 Å². The van der Waals surface area contributed by atoms with Gasteiger partial charge < -0.3 is 14.4 Å². The number of piperidine rings is 1. The van der Waals surface area contributed by atoms with E-state index in [1.165, 1.54) is 6.07 Å². The van der Waals surface area contributed by atoms with Crippen molar-refractivity contribution in [2.75, 3.05) is 26.2 Å². The van der Waals surface area contributed by atoms with Crippen LogP contribution in [0.4, 0.5) is 5.69 Å². The first-order valence-corrected chi connectivity index (χ1v) is 12.0. The number of likely N-dealkylation sites (tertiary alicyclic amines) is 1. The van der Waals surface area contributed by atoms with Gasteiger partial charge in [0.2, 0.25) is 0 Å². The first kappa shape index (κ1) is 24.2. The van der Waals surface area contributed by atoms with E-state index in [-0.39, 0.29) is 17.9 Å². The molecule has 0 radical (unpaired) electrons. The molecule has 1 unspecified atom stereocenters. The van der Waals surface area contributed by atoms with Crippen molar-refractivity contribution in [2.45, 2.75) is 31.5 Å². The van der Waals surface area contributed by atoms with Crippen molar-refractivity contribution in [3.05, 3.63) is 105 Å². The number of hydrogen-bond acceptors (Lipinski definition) is 5. The van der Waals surface area contributed by atoms with Gasteiger partial charge in [-0.15, -0.1) is 0 Å². The topological polar surface area (TPSA) is 64.8 Å². The molecular weight excluding hydrogens is 452 g/mol. The summed E-state index contributed by atoms with van der Waals surface area (Å²) in [5, 5.41) is 11.8. The quantitative estimate of drug-likeness (QED) is 0.194. The Kier molecular flexibility index (Phi) is 8.52. The highest BCUT2D eigenvalue weighted by molar-refractivity contribution is 6.30. The second-order valence-corrected chi connectivity index (χ2v) is 8.88. The third-order valence-electron chi connectivity index (χ3n) is 6.08. The molecule has 6 nitrogen and oxygen atoms in total. The number of halogens is 1. The Hall–Kier alpha value is -2.93. The molecule has 1 saturated heterocycles. The van der Waals surface area contributed by atoms with Crippen LogP contribution < -0.4 is 4.74 Å². The van der Waals surface area contributed by atoms with Crippen LogP contribution in [0.15, 0.2) is 78.9 Å². The highest BCUT2D eigenvalue weighted by Crippen LogP contribution is 2.31. The van der Waals surface area contributed by atoms with Crippen molar-refractivity contribution in [1.29, 1.82) is 0 Å². The Morgan fingerprint density at radius 3 is 2.29 bits per heavy atom. The molecule has 0 aliphatic carbocycles. The zero-order valence-corrected chi connectivity index (χ0v) is 19.8. The lowest BCUT2D eigenvalue weighted by molar-refractivity contribution is -0.385. The Morgan fingerprint density at radius 2 is 1.59 bits per heavy atom. The second kappa shape index (κ2) is 12.0. The van der Waals surface area contributed by atoms with Gasteiger partial charge in [-0.3, -0.25) is 10.1 Å². The predicted molar refractivity (Wildman–Crippen MR) is 133 cm³/mol. The van der Waals surface area contributed by atoms with Crippen molar-refractivity contribution in [3.8, 4) is 5.75 Å². The zero-order chi connectivity index (χ0) is 23.8. The van der Waals surface area contributed by atoms with E-state index in [0.717, 1.165) is 55.0 Å². The fraction of sp³-hybridized carbons (Fsp3) is 0.333. The van der Waals surface area contributed by atoms with E-state index in [2.05, 4.69) is 17.0 Å². The summed E-state index contributed by atoms with van der Waals surface area (Å²) in [5.74, 6) is 0.328. The Labute approximate surface area is 205 Å². The van der Waals surface area contributed by atoms with Crippen LogP contribution in [0.2, 0.25) is 5.02 Å². The standard InChI is InChI=1S/C27H29ClN2O4/c28-23-13-11-22(12-14-23)27(21-7-2-1-3-8-21)34-24-15-18-29(19-16-24)17-6-20-33-26-10-5-4-9-25(26)30(31)32/h1-5,7-14,24,27H,6,15-20H2. The number of para-hydroxylation sites is 2. The molecule has 3 aromatic carbocycles. The van der Waals surface area contributed by atoms with Crippen LogP contribution in [0, 0.1) is 10.1 Å². The van der Waals surface area contributed by atoms with Crippen molar-refractivity contribution in [2.24, 2.45) is 0 Å². The molecule has 0 N–H and O–H groups in total. The number of nitro groups is 1. The monoisotopic (exact) mass is 480 g/mol. The van der Waals surface area contributed by atoms with Crippen LogP contribution in [0.25, 0.3) is 0 Å². The molecule has 0 saturated carbocycles. The van der Waals surface area contributed by atoms with Crippen molar-refractivity contribution >= 4 is 17.3 Å². The van der Waals surface area contributed by atoms with Gasteiger partial charge in [0.15, 0.2) is 5.75 Å². The van der Waals surface area contributed by atoms with Gasteiger partial charge in [0.05, 0.1) is 17.6 Å². The molecule has 1 aliphatic heterocycles. The van der Waals surface area contributed by atoms with Crippen LogP contribution in [-0.4, -0.2) is 42.2 Å². The highest BCUT2D eigenvalue weighted by atomic mass is 35.5. The van der Waals surface area contributed by atoms with Gasteiger partial charge in [0, 0.05) is 30.7 Å². The summed E-state index contributed by atoms with van der Waals surface area (Å²) < 4.78 is 12.3. The van der Waals surface area contributed by atoms with Crippen LogP contribution >= 0.6 is 11.6 Å². The molecule has 3 aromatic rings. The third-order valence-corrected chi connectivity index (χ3v) is 6.33. The highest BCUT2D eigenvalue weighted by Gasteiger charge is 2.24. The lowest BCUT2D eigenvalue weighted by Gasteiger charge is -2.34. The van der Waals surface area contributed by atoms with E-state index in [0.29, 0.717) is 12.4 Å². The Bertz CT molecular complexity index is 1050. The molecule has 1 heterocycles. The maximum absolute atomic E-state index is 11.1. The SMILES string of the molecule is O=[N+]([O-])c1ccccc1OCCCN1CCC(OC(c2ccccc2)c2ccc(Cl)cc2)CC1. The van der Waals surface area contributed by atoms with E-state index in [1.54, 1.807) is 18.2 Å². The second-order valence-electron chi connectivity index (χ2n) is 8.45. The van der Waals surface area contributed by atoms with Gasteiger partial charge in [0.1, 0.15) is 6.10 Å². The number of rotatable bonds is 10. The first-order chi connectivity index (χ1) is 16.6. The molecule has 1 aliphatic rings. The minimum atomic E-state index is -0.410. The van der Waals surface area contributed by atoms with Gasteiger partial charge in [-0.25, -0.2) is 0 Å². The number of nitro benzene ring substituents is 1. The number of nitrogens with zero attached hydrogens (tertiary/aromatic N) is 2. The van der Waals surface area contributed by atoms with Crippen LogP contribution in [0.5, 0.6) is 5.75 Å². The third kappa shape index (κ3) is 6.56. The fourth-order valence-corrected chi connectivity index (χ4v) is 4.40. The largest absolute Gasteiger partial charge is 0.487 e. The molecule has 0 amide bonds. The van der Waals surface area contributed by atoms with E-state index in [9.17, 15) is 10.1 Å². The Morgan fingerprint density at radius 1 is 0.941 bits per heavy atom. The van der Waals surface area contributed by atoms with Crippen molar-refractivity contribution in [1.82, 2.24) is 4.90 Å². The van der Waals surface area contributed by atoms with Gasteiger partial charge in [0.25, 0.3) is 0 Å². The Balaban J connectivity index is 1.26. The van der Waals surface area contributed by atoms with Gasteiger partial charge in [-0.05, 0) is 48.6 Å². The first-order valence-electron chi connectivity index (χ1n) is 11.6. The smallest absolute Gasteiger partial charge is 0.310 e. The van der Waals surface area contributed by atoms with E-state index < -0.39 is 4.92 Å². The molecule has 0 bridgehead atoms. The van der Waals surface area contributed by atoms with Crippen LogP contribution in [-0.2, 0) is 4.74 Å². The number of hydrogen-bond donors (Lipinski definition) is 0.